The van der Waals surface area contributed by atoms with E-state index in [4.69, 9.17) is 4.74 Å². The third kappa shape index (κ3) is 1.34. The highest BCUT2D eigenvalue weighted by atomic mass is 16.6. The number of ether oxygens (including phenoxy) is 1. The molecule has 2 nitrogen and oxygen atoms in total. The lowest BCUT2D eigenvalue weighted by atomic mass is 9.77. The van der Waals surface area contributed by atoms with E-state index in [2.05, 4.69) is 27.4 Å². The molecule has 1 aliphatic carbocycles. The number of hydrogen-bond acceptors (Lipinski definition) is 2. The van der Waals surface area contributed by atoms with Gasteiger partial charge in [0.05, 0.1) is 5.60 Å². The van der Waals surface area contributed by atoms with E-state index in [9.17, 15) is 5.11 Å². The first kappa shape index (κ1) is 11.7. The van der Waals surface area contributed by atoms with Crippen LogP contribution in [0.4, 0.5) is 0 Å². The van der Waals surface area contributed by atoms with Gasteiger partial charge in [-0.1, -0.05) is 32.9 Å². The molecule has 0 amide bonds. The predicted octanol–water partition coefficient (Wildman–Crippen LogP) is 3.11. The molecular weight excluding hydrogens is 212 g/mol. The fourth-order valence-electron chi connectivity index (χ4n) is 4.64. The lowest BCUT2D eigenvalue weighted by Crippen LogP contribution is -2.48. The minimum absolute atomic E-state index is 0.0982. The zero-order valence-electron chi connectivity index (χ0n) is 11.2. The molecule has 0 aromatic rings. The van der Waals surface area contributed by atoms with Crippen molar-refractivity contribution in [1.29, 1.82) is 0 Å². The van der Waals surface area contributed by atoms with Crippen molar-refractivity contribution >= 4 is 0 Å². The highest BCUT2D eigenvalue weighted by Crippen LogP contribution is 2.63. The molecule has 2 aliphatic heterocycles. The second-order valence-corrected chi connectivity index (χ2v) is 6.82. The molecular formula is C15H24O2. The van der Waals surface area contributed by atoms with Crippen LogP contribution in [0.2, 0.25) is 0 Å². The SMILES string of the molecule is C=C1CC2(O)O[C@@]3(C[C@@H]2C(C)C)[C@@H](C)CC[C@@H]13. The molecule has 2 heterocycles. The molecule has 0 aromatic heterocycles. The Morgan fingerprint density at radius 3 is 2.76 bits per heavy atom. The molecule has 2 saturated heterocycles. The van der Waals surface area contributed by atoms with Gasteiger partial charge in [0.1, 0.15) is 0 Å². The molecule has 3 aliphatic rings. The van der Waals surface area contributed by atoms with Gasteiger partial charge in [-0.15, -0.1) is 0 Å². The van der Waals surface area contributed by atoms with E-state index in [0.717, 1.165) is 6.42 Å². The molecule has 96 valence electrons. The molecule has 1 saturated carbocycles. The smallest absolute Gasteiger partial charge is 0.173 e. The topological polar surface area (TPSA) is 29.5 Å². The van der Waals surface area contributed by atoms with Gasteiger partial charge in [0, 0.05) is 18.3 Å². The Morgan fingerprint density at radius 2 is 2.12 bits per heavy atom. The molecule has 3 fully saturated rings. The van der Waals surface area contributed by atoms with Crippen LogP contribution in [0.1, 0.15) is 46.5 Å². The van der Waals surface area contributed by atoms with Gasteiger partial charge in [0.15, 0.2) is 5.79 Å². The summed E-state index contributed by atoms with van der Waals surface area (Å²) in [4.78, 5) is 0. The van der Waals surface area contributed by atoms with E-state index in [1.54, 1.807) is 0 Å². The van der Waals surface area contributed by atoms with Crippen LogP contribution in [0.5, 0.6) is 0 Å². The maximum absolute atomic E-state index is 10.8. The molecule has 2 bridgehead atoms. The summed E-state index contributed by atoms with van der Waals surface area (Å²) in [5.74, 6) is 0.852. The summed E-state index contributed by atoms with van der Waals surface area (Å²) < 4.78 is 6.25. The maximum atomic E-state index is 10.8. The Bertz CT molecular complexity index is 362. The number of fused-ring (bicyclic) bond motifs is 1. The zero-order chi connectivity index (χ0) is 12.4. The third-order valence-electron chi connectivity index (χ3n) is 5.58. The fraction of sp³-hybridized carbons (Fsp3) is 0.867. The van der Waals surface area contributed by atoms with Crippen LogP contribution in [-0.4, -0.2) is 16.5 Å². The van der Waals surface area contributed by atoms with Crippen LogP contribution in [0.15, 0.2) is 12.2 Å². The van der Waals surface area contributed by atoms with Gasteiger partial charge in [-0.3, -0.25) is 0 Å². The summed E-state index contributed by atoms with van der Waals surface area (Å²) in [6, 6.07) is 0. The van der Waals surface area contributed by atoms with E-state index in [-0.39, 0.29) is 11.5 Å². The molecule has 1 spiro atoms. The standard InChI is InChI=1S/C15H24O2/c1-9(2)13-8-14-11(4)5-6-12(14)10(3)7-15(13,16)17-14/h9,11-13,16H,3,5-8H2,1-2,4H3/t11-,12-,13+,14-,15?/m0/s1. The summed E-state index contributed by atoms with van der Waals surface area (Å²) in [6.07, 6.45) is 4.08. The van der Waals surface area contributed by atoms with Gasteiger partial charge in [-0.2, -0.15) is 0 Å². The van der Waals surface area contributed by atoms with Crippen LogP contribution in [-0.2, 0) is 4.74 Å². The van der Waals surface area contributed by atoms with Crippen molar-refractivity contribution in [2.45, 2.75) is 57.8 Å². The minimum Gasteiger partial charge on any atom is -0.365 e. The Kier molecular flexibility index (Phi) is 2.32. The van der Waals surface area contributed by atoms with Gasteiger partial charge in [-0.25, -0.2) is 0 Å². The van der Waals surface area contributed by atoms with Gasteiger partial charge >= 0.3 is 0 Å². The summed E-state index contributed by atoms with van der Waals surface area (Å²) >= 11 is 0. The van der Waals surface area contributed by atoms with Crippen molar-refractivity contribution in [2.24, 2.45) is 23.7 Å². The molecule has 2 heteroatoms. The summed E-state index contributed by atoms with van der Waals surface area (Å²) in [7, 11) is 0. The molecule has 1 unspecified atom stereocenters. The monoisotopic (exact) mass is 236 g/mol. The van der Waals surface area contributed by atoms with Crippen molar-refractivity contribution in [3.63, 3.8) is 0 Å². The van der Waals surface area contributed by atoms with Gasteiger partial charge in [-0.05, 0) is 31.1 Å². The summed E-state index contributed by atoms with van der Waals surface area (Å²) in [5.41, 5.74) is 1.13. The summed E-state index contributed by atoms with van der Waals surface area (Å²) in [6.45, 7) is 10.9. The Labute approximate surface area is 104 Å². The van der Waals surface area contributed by atoms with E-state index in [1.165, 1.54) is 18.4 Å². The van der Waals surface area contributed by atoms with Crippen molar-refractivity contribution in [2.75, 3.05) is 0 Å². The average molecular weight is 236 g/mol. The quantitative estimate of drug-likeness (QED) is 0.709. The molecule has 0 radical (unpaired) electrons. The van der Waals surface area contributed by atoms with Crippen LogP contribution in [0, 0.1) is 23.7 Å². The first-order valence-corrected chi connectivity index (χ1v) is 6.99. The van der Waals surface area contributed by atoms with Crippen LogP contribution >= 0.6 is 0 Å². The molecule has 1 N–H and O–H groups in total. The van der Waals surface area contributed by atoms with Crippen molar-refractivity contribution in [3.05, 3.63) is 12.2 Å². The highest BCUT2D eigenvalue weighted by molar-refractivity contribution is 5.24. The summed E-state index contributed by atoms with van der Waals surface area (Å²) in [5, 5.41) is 10.8. The lowest BCUT2D eigenvalue weighted by molar-refractivity contribution is -0.269. The molecule has 5 atom stereocenters. The molecule has 3 rings (SSSR count). The average Bonchev–Trinajstić information content (AvgIpc) is 2.65. The lowest BCUT2D eigenvalue weighted by Gasteiger charge is -2.43. The number of rotatable bonds is 1. The van der Waals surface area contributed by atoms with Gasteiger partial charge < -0.3 is 9.84 Å². The largest absolute Gasteiger partial charge is 0.365 e. The third-order valence-corrected chi connectivity index (χ3v) is 5.58. The fourth-order valence-corrected chi connectivity index (χ4v) is 4.64. The normalized spacial score (nSPS) is 53.2. The van der Waals surface area contributed by atoms with E-state index in [0.29, 0.717) is 24.2 Å². The van der Waals surface area contributed by atoms with E-state index in [1.807, 2.05) is 0 Å². The maximum Gasteiger partial charge on any atom is 0.173 e. The van der Waals surface area contributed by atoms with Crippen molar-refractivity contribution in [3.8, 4) is 0 Å². The first-order chi connectivity index (χ1) is 7.89. The Morgan fingerprint density at radius 1 is 1.41 bits per heavy atom. The highest BCUT2D eigenvalue weighted by Gasteiger charge is 2.66. The Hall–Kier alpha value is -0.340. The zero-order valence-corrected chi connectivity index (χ0v) is 11.2. The Balaban J connectivity index is 2.04. The van der Waals surface area contributed by atoms with Gasteiger partial charge in [0.2, 0.25) is 0 Å². The van der Waals surface area contributed by atoms with Crippen LogP contribution in [0.25, 0.3) is 0 Å². The minimum atomic E-state index is -0.930. The number of aliphatic hydroxyl groups is 1. The molecule has 0 aromatic carbocycles. The van der Waals surface area contributed by atoms with E-state index < -0.39 is 5.79 Å². The van der Waals surface area contributed by atoms with Crippen molar-refractivity contribution in [1.82, 2.24) is 0 Å². The molecule has 17 heavy (non-hydrogen) atoms. The van der Waals surface area contributed by atoms with E-state index >= 15 is 0 Å². The predicted molar refractivity (Wildman–Crippen MR) is 67.4 cm³/mol. The van der Waals surface area contributed by atoms with Crippen molar-refractivity contribution < 1.29 is 9.84 Å². The van der Waals surface area contributed by atoms with Crippen LogP contribution in [0.3, 0.4) is 0 Å². The first-order valence-electron chi connectivity index (χ1n) is 6.99. The second-order valence-electron chi connectivity index (χ2n) is 6.82. The second kappa shape index (κ2) is 3.36. The number of hydrogen-bond donors (Lipinski definition) is 1. The van der Waals surface area contributed by atoms with Gasteiger partial charge in [0.25, 0.3) is 0 Å². The van der Waals surface area contributed by atoms with Crippen LogP contribution < -0.4 is 0 Å².